The number of nitrogens with zero attached hydrogens (tertiary/aromatic N) is 4. The van der Waals surface area contributed by atoms with Gasteiger partial charge in [0.05, 0.1) is 12.8 Å². The van der Waals surface area contributed by atoms with Crippen LogP contribution in [-0.4, -0.2) is 27.3 Å². The maximum atomic E-state index is 4.88. The Morgan fingerprint density at radius 3 is 1.90 bits per heavy atom. The van der Waals surface area contributed by atoms with E-state index in [1.54, 1.807) is 7.11 Å². The van der Waals surface area contributed by atoms with Gasteiger partial charge < -0.3 is 4.74 Å². The van der Waals surface area contributed by atoms with Crippen molar-refractivity contribution in [1.29, 1.82) is 0 Å². The average molecular weight is 274 g/mol. The van der Waals surface area contributed by atoms with Crippen LogP contribution < -0.4 is 4.74 Å². The van der Waals surface area contributed by atoms with E-state index in [-0.39, 0.29) is 0 Å². The first kappa shape index (κ1) is 16.0. The van der Waals surface area contributed by atoms with Crippen LogP contribution in [0.4, 0.5) is 0 Å². The highest BCUT2D eigenvalue weighted by Gasteiger charge is 2.00. The smallest absolute Gasteiger partial charge is 0.233 e. The van der Waals surface area contributed by atoms with Gasteiger partial charge >= 0.3 is 0 Å². The Morgan fingerprint density at radius 1 is 0.950 bits per heavy atom. The van der Waals surface area contributed by atoms with Crippen molar-refractivity contribution in [3.8, 4) is 5.88 Å². The lowest BCUT2D eigenvalue weighted by molar-refractivity contribution is 0.390. The van der Waals surface area contributed by atoms with Crippen LogP contribution in [0.15, 0.2) is 18.2 Å². The Balaban J connectivity index is 0.000000204. The Labute approximate surface area is 120 Å². The van der Waals surface area contributed by atoms with E-state index in [4.69, 9.17) is 4.74 Å². The van der Waals surface area contributed by atoms with Gasteiger partial charge in [0, 0.05) is 17.5 Å². The minimum absolute atomic E-state index is 0.424. The largest absolute Gasteiger partial charge is 0.480 e. The molecular weight excluding hydrogens is 252 g/mol. The third-order valence-electron chi connectivity index (χ3n) is 2.56. The Bertz CT molecular complexity index is 488. The Hall–Kier alpha value is -2.04. The van der Waals surface area contributed by atoms with E-state index >= 15 is 0 Å². The highest BCUT2D eigenvalue weighted by atomic mass is 16.5. The first-order valence-electron chi connectivity index (χ1n) is 6.59. The van der Waals surface area contributed by atoms with Gasteiger partial charge in [0.1, 0.15) is 5.82 Å². The molecule has 0 aliphatic rings. The fraction of sp³-hybridized carbons (Fsp3) is 0.467. The maximum absolute atomic E-state index is 4.88. The lowest BCUT2D eigenvalue weighted by atomic mass is 10.1. The normalized spacial score (nSPS) is 9.95. The van der Waals surface area contributed by atoms with Gasteiger partial charge in [-0.25, -0.2) is 9.97 Å². The molecule has 0 radical (unpaired) electrons. The van der Waals surface area contributed by atoms with Crippen LogP contribution in [0.2, 0.25) is 0 Å². The molecule has 0 aromatic carbocycles. The summed E-state index contributed by atoms with van der Waals surface area (Å²) in [6.45, 7) is 10.0. The van der Waals surface area contributed by atoms with Gasteiger partial charge in [-0.1, -0.05) is 13.8 Å². The molecule has 0 saturated heterocycles. The van der Waals surface area contributed by atoms with Crippen LogP contribution in [0.25, 0.3) is 0 Å². The van der Waals surface area contributed by atoms with Crippen molar-refractivity contribution in [1.82, 2.24) is 20.2 Å². The third kappa shape index (κ3) is 5.30. The van der Waals surface area contributed by atoms with Crippen molar-refractivity contribution in [3.63, 3.8) is 0 Å². The number of hydrogen-bond acceptors (Lipinski definition) is 5. The zero-order valence-electron chi connectivity index (χ0n) is 13.0. The summed E-state index contributed by atoms with van der Waals surface area (Å²) in [6, 6.07) is 5.71. The molecular formula is C15H22N4O. The van der Waals surface area contributed by atoms with Crippen molar-refractivity contribution in [2.24, 2.45) is 0 Å². The van der Waals surface area contributed by atoms with Gasteiger partial charge in [-0.2, -0.15) is 5.10 Å². The van der Waals surface area contributed by atoms with Crippen molar-refractivity contribution in [3.05, 3.63) is 41.1 Å². The molecule has 2 aromatic heterocycles. The van der Waals surface area contributed by atoms with Crippen LogP contribution in [0.3, 0.4) is 0 Å². The molecule has 0 bridgehead atoms. The van der Waals surface area contributed by atoms with Crippen LogP contribution in [0.5, 0.6) is 5.88 Å². The van der Waals surface area contributed by atoms with Crippen molar-refractivity contribution < 1.29 is 4.74 Å². The SMILES string of the molecule is COc1ccc(C(C)C)nn1.Cc1cc(C)nc(C)n1. The molecule has 0 unspecified atom stereocenters. The molecule has 20 heavy (non-hydrogen) atoms. The van der Waals surface area contributed by atoms with Crippen LogP contribution in [-0.2, 0) is 0 Å². The van der Waals surface area contributed by atoms with E-state index in [9.17, 15) is 0 Å². The molecule has 0 fully saturated rings. The molecule has 0 atom stereocenters. The lowest BCUT2D eigenvalue weighted by Gasteiger charge is -2.02. The summed E-state index contributed by atoms with van der Waals surface area (Å²) in [4.78, 5) is 8.25. The molecule has 0 spiro atoms. The summed E-state index contributed by atoms with van der Waals surface area (Å²) in [5, 5.41) is 7.82. The summed E-state index contributed by atoms with van der Waals surface area (Å²) in [7, 11) is 1.58. The first-order valence-corrected chi connectivity index (χ1v) is 6.59. The number of hydrogen-bond donors (Lipinski definition) is 0. The minimum atomic E-state index is 0.424. The van der Waals surface area contributed by atoms with E-state index in [1.807, 2.05) is 39.0 Å². The first-order chi connectivity index (χ1) is 9.42. The van der Waals surface area contributed by atoms with E-state index in [1.165, 1.54) is 0 Å². The Morgan fingerprint density at radius 2 is 1.55 bits per heavy atom. The van der Waals surface area contributed by atoms with Gasteiger partial charge in [-0.3, -0.25) is 0 Å². The van der Waals surface area contributed by atoms with Crippen LogP contribution in [0.1, 0.15) is 42.7 Å². The summed E-state index contributed by atoms with van der Waals surface area (Å²) in [6.07, 6.45) is 0. The molecule has 0 N–H and O–H groups in total. The highest BCUT2D eigenvalue weighted by molar-refractivity contribution is 5.13. The molecule has 0 aliphatic carbocycles. The van der Waals surface area contributed by atoms with Gasteiger partial charge in [-0.15, -0.1) is 5.10 Å². The molecule has 0 aliphatic heterocycles. The Kier molecular flexibility index (Phi) is 6.03. The number of ether oxygens (including phenoxy) is 1. The fourth-order valence-electron chi connectivity index (χ4n) is 1.65. The predicted octanol–water partition coefficient (Wildman–Crippen LogP) is 3.01. The van der Waals surface area contributed by atoms with E-state index < -0.39 is 0 Å². The standard InChI is InChI=1S/C8H12N2O.C7H10N2/c1-6(2)7-4-5-8(11-3)10-9-7;1-5-4-6(2)9-7(3)8-5/h4-6H,1-3H3;4H,1-3H3. The second kappa shape index (κ2) is 7.53. The fourth-order valence-corrected chi connectivity index (χ4v) is 1.65. The number of methoxy groups -OCH3 is 1. The zero-order chi connectivity index (χ0) is 15.1. The van der Waals surface area contributed by atoms with E-state index in [2.05, 4.69) is 34.0 Å². The van der Waals surface area contributed by atoms with Crippen molar-refractivity contribution in [2.45, 2.75) is 40.5 Å². The summed E-state index contributed by atoms with van der Waals surface area (Å²) in [5.41, 5.74) is 3.07. The molecule has 2 rings (SSSR count). The van der Waals surface area contributed by atoms with E-state index in [0.717, 1.165) is 22.9 Å². The van der Waals surface area contributed by atoms with Crippen LogP contribution >= 0.6 is 0 Å². The highest BCUT2D eigenvalue weighted by Crippen LogP contribution is 2.11. The van der Waals surface area contributed by atoms with Gasteiger partial charge in [0.25, 0.3) is 0 Å². The molecule has 5 nitrogen and oxygen atoms in total. The third-order valence-corrected chi connectivity index (χ3v) is 2.56. The van der Waals surface area contributed by atoms with Crippen molar-refractivity contribution >= 4 is 0 Å². The molecule has 2 aromatic rings. The quantitative estimate of drug-likeness (QED) is 0.842. The molecule has 0 amide bonds. The molecule has 5 heteroatoms. The van der Waals surface area contributed by atoms with Crippen LogP contribution in [0, 0.1) is 20.8 Å². The minimum Gasteiger partial charge on any atom is -0.480 e. The lowest BCUT2D eigenvalue weighted by Crippen LogP contribution is -1.96. The second-order valence-electron chi connectivity index (χ2n) is 4.85. The number of aryl methyl sites for hydroxylation is 3. The monoisotopic (exact) mass is 274 g/mol. The van der Waals surface area contributed by atoms with E-state index in [0.29, 0.717) is 11.8 Å². The topological polar surface area (TPSA) is 60.8 Å². The van der Waals surface area contributed by atoms with Gasteiger partial charge in [0.2, 0.25) is 5.88 Å². The van der Waals surface area contributed by atoms with Gasteiger partial charge in [-0.05, 0) is 38.8 Å². The molecule has 0 saturated carbocycles. The van der Waals surface area contributed by atoms with Gasteiger partial charge in [0.15, 0.2) is 0 Å². The summed E-state index contributed by atoms with van der Waals surface area (Å²) < 4.78 is 4.88. The number of aromatic nitrogens is 4. The molecule has 108 valence electrons. The van der Waals surface area contributed by atoms with Crippen molar-refractivity contribution in [2.75, 3.05) is 7.11 Å². The zero-order valence-corrected chi connectivity index (χ0v) is 13.0. The summed E-state index contributed by atoms with van der Waals surface area (Å²) in [5.74, 6) is 1.84. The maximum Gasteiger partial charge on any atom is 0.233 e. The predicted molar refractivity (Wildman–Crippen MR) is 78.9 cm³/mol. The average Bonchev–Trinajstić information content (AvgIpc) is 2.38. The number of rotatable bonds is 2. The molecule has 2 heterocycles. The second-order valence-corrected chi connectivity index (χ2v) is 4.85. The summed E-state index contributed by atoms with van der Waals surface area (Å²) >= 11 is 0.